The molecule has 0 aliphatic rings. The van der Waals surface area contributed by atoms with Crippen molar-refractivity contribution < 1.29 is 19.4 Å². The molecule has 0 aliphatic heterocycles. The molecule has 2 N–H and O–H groups in total. The molecule has 2 aromatic carbocycles. The summed E-state index contributed by atoms with van der Waals surface area (Å²) in [7, 11) is 1.55. The van der Waals surface area contributed by atoms with Crippen LogP contribution in [0.25, 0.3) is 11.3 Å². The molecule has 0 aliphatic carbocycles. The van der Waals surface area contributed by atoms with E-state index >= 15 is 0 Å². The lowest BCUT2D eigenvalue weighted by atomic mass is 9.98. The second kappa shape index (κ2) is 9.01. The van der Waals surface area contributed by atoms with Gasteiger partial charge in [0.15, 0.2) is 0 Å². The van der Waals surface area contributed by atoms with E-state index in [-0.39, 0.29) is 12.1 Å². The average molecular weight is 390 g/mol. The predicted molar refractivity (Wildman–Crippen MR) is 110 cm³/mol. The summed E-state index contributed by atoms with van der Waals surface area (Å²) in [6.45, 7) is 1.88. The zero-order chi connectivity index (χ0) is 20.8. The first-order valence-corrected chi connectivity index (χ1v) is 9.18. The maximum absolute atomic E-state index is 12.9. The third kappa shape index (κ3) is 4.79. The molecule has 29 heavy (non-hydrogen) atoms. The lowest BCUT2D eigenvalue weighted by Crippen LogP contribution is -2.31. The molecule has 0 saturated heterocycles. The molecular formula is C23H22N2O4. The molecule has 1 heterocycles. The zero-order valence-corrected chi connectivity index (χ0v) is 16.3. The van der Waals surface area contributed by atoms with Gasteiger partial charge in [0.1, 0.15) is 17.1 Å². The Morgan fingerprint density at radius 3 is 2.38 bits per heavy atom. The van der Waals surface area contributed by atoms with Gasteiger partial charge < -0.3 is 15.2 Å². The number of hydrogen-bond acceptors (Lipinski definition) is 4. The first-order valence-electron chi connectivity index (χ1n) is 9.18. The number of aliphatic carboxylic acids is 1. The van der Waals surface area contributed by atoms with Gasteiger partial charge in [-0.3, -0.25) is 9.59 Å². The molecule has 0 saturated carbocycles. The summed E-state index contributed by atoms with van der Waals surface area (Å²) in [6, 6.07) is 19.4. The van der Waals surface area contributed by atoms with Crippen molar-refractivity contribution in [3.05, 3.63) is 83.6 Å². The van der Waals surface area contributed by atoms with E-state index in [4.69, 9.17) is 4.74 Å². The molecule has 1 aromatic heterocycles. The van der Waals surface area contributed by atoms with Crippen molar-refractivity contribution in [2.75, 3.05) is 7.11 Å². The van der Waals surface area contributed by atoms with Gasteiger partial charge in [0.25, 0.3) is 5.91 Å². The van der Waals surface area contributed by atoms with Crippen LogP contribution in [0.2, 0.25) is 0 Å². The lowest BCUT2D eigenvalue weighted by molar-refractivity contribution is -0.137. The Morgan fingerprint density at radius 2 is 1.72 bits per heavy atom. The Labute approximate surface area is 169 Å². The van der Waals surface area contributed by atoms with Gasteiger partial charge in [-0.05, 0) is 30.2 Å². The zero-order valence-electron chi connectivity index (χ0n) is 16.3. The molecule has 0 bridgehead atoms. The summed E-state index contributed by atoms with van der Waals surface area (Å²) in [6.07, 6.45) is -0.224. The van der Waals surface area contributed by atoms with Gasteiger partial charge >= 0.3 is 5.97 Å². The Balaban J connectivity index is 1.92. The van der Waals surface area contributed by atoms with Crippen LogP contribution in [0.1, 0.15) is 34.1 Å². The standard InChI is InChI=1S/C23H22N2O4/c1-15-8-6-7-11-17(15)19(14-21(26)27)25-23(28)18-12-13-20(29-2)22(24-18)16-9-4-3-5-10-16/h3-13,19H,14H2,1-2H3,(H,25,28)(H,26,27). The van der Waals surface area contributed by atoms with Crippen molar-refractivity contribution in [3.8, 4) is 17.0 Å². The van der Waals surface area contributed by atoms with E-state index in [9.17, 15) is 14.7 Å². The third-order valence-corrected chi connectivity index (χ3v) is 4.61. The lowest BCUT2D eigenvalue weighted by Gasteiger charge is -2.19. The number of aryl methyl sites for hydroxylation is 1. The number of aromatic nitrogens is 1. The number of methoxy groups -OCH3 is 1. The van der Waals surface area contributed by atoms with Crippen LogP contribution >= 0.6 is 0 Å². The molecule has 148 valence electrons. The third-order valence-electron chi connectivity index (χ3n) is 4.61. The van der Waals surface area contributed by atoms with Crippen LogP contribution in [0.5, 0.6) is 5.75 Å². The van der Waals surface area contributed by atoms with E-state index in [1.165, 1.54) is 0 Å². The van der Waals surface area contributed by atoms with Crippen LogP contribution in [0.4, 0.5) is 0 Å². The monoisotopic (exact) mass is 390 g/mol. The Kier molecular flexibility index (Phi) is 6.24. The molecule has 1 atom stereocenters. The van der Waals surface area contributed by atoms with Gasteiger partial charge in [-0.1, -0.05) is 54.6 Å². The van der Waals surface area contributed by atoms with E-state index in [1.54, 1.807) is 19.2 Å². The Hall–Kier alpha value is -3.67. The van der Waals surface area contributed by atoms with Crippen molar-refractivity contribution in [1.29, 1.82) is 0 Å². The van der Waals surface area contributed by atoms with Gasteiger partial charge in [0.05, 0.1) is 19.6 Å². The summed E-state index contributed by atoms with van der Waals surface area (Å²) in [4.78, 5) is 28.7. The molecule has 3 aromatic rings. The fraction of sp³-hybridized carbons (Fsp3) is 0.174. The minimum Gasteiger partial charge on any atom is -0.494 e. The van der Waals surface area contributed by atoms with Gasteiger partial charge in [0, 0.05) is 5.56 Å². The quantitative estimate of drug-likeness (QED) is 0.636. The minimum atomic E-state index is -0.994. The number of rotatable bonds is 7. The highest BCUT2D eigenvalue weighted by atomic mass is 16.5. The SMILES string of the molecule is COc1ccc(C(=O)NC(CC(=O)O)c2ccccc2C)nc1-c1ccccc1. The molecule has 6 nitrogen and oxygen atoms in total. The number of carboxylic acids is 1. The maximum atomic E-state index is 12.9. The number of hydrogen-bond donors (Lipinski definition) is 2. The van der Waals surface area contributed by atoms with E-state index in [0.717, 1.165) is 16.7 Å². The largest absolute Gasteiger partial charge is 0.494 e. The van der Waals surface area contributed by atoms with E-state index < -0.39 is 17.9 Å². The van der Waals surface area contributed by atoms with Crippen LogP contribution < -0.4 is 10.1 Å². The number of carboxylic acid groups (broad SMARTS) is 1. The number of pyridine rings is 1. The molecule has 1 amide bonds. The van der Waals surface area contributed by atoms with Gasteiger partial charge in [-0.15, -0.1) is 0 Å². The van der Waals surface area contributed by atoms with Crippen molar-refractivity contribution in [1.82, 2.24) is 10.3 Å². The molecule has 0 radical (unpaired) electrons. The molecule has 1 unspecified atom stereocenters. The van der Waals surface area contributed by atoms with Crippen LogP contribution in [-0.4, -0.2) is 29.1 Å². The van der Waals surface area contributed by atoms with Crippen LogP contribution in [0.15, 0.2) is 66.7 Å². The number of ether oxygens (including phenoxy) is 1. The number of carbonyl (C=O) groups is 2. The first-order chi connectivity index (χ1) is 14.0. The van der Waals surface area contributed by atoms with Crippen molar-refractivity contribution in [2.24, 2.45) is 0 Å². The summed E-state index contributed by atoms with van der Waals surface area (Å²) in [5.74, 6) is -0.890. The molecule has 3 rings (SSSR count). The Bertz CT molecular complexity index is 1020. The van der Waals surface area contributed by atoms with E-state index in [2.05, 4.69) is 10.3 Å². The summed E-state index contributed by atoms with van der Waals surface area (Å²) >= 11 is 0. The fourth-order valence-corrected chi connectivity index (χ4v) is 3.16. The predicted octanol–water partition coefficient (Wildman–Crippen LogP) is 4.01. The van der Waals surface area contributed by atoms with Crippen molar-refractivity contribution >= 4 is 11.9 Å². The number of benzene rings is 2. The van der Waals surface area contributed by atoms with Gasteiger partial charge in [-0.25, -0.2) is 4.98 Å². The van der Waals surface area contributed by atoms with Crippen LogP contribution in [-0.2, 0) is 4.79 Å². The van der Waals surface area contributed by atoms with Crippen LogP contribution in [0, 0.1) is 6.92 Å². The second-order valence-electron chi connectivity index (χ2n) is 6.59. The maximum Gasteiger partial charge on any atom is 0.305 e. The summed E-state index contributed by atoms with van der Waals surface area (Å²) in [5, 5.41) is 12.1. The molecule has 0 spiro atoms. The first kappa shape index (κ1) is 20.1. The van der Waals surface area contributed by atoms with E-state index in [1.807, 2.05) is 61.5 Å². The number of nitrogens with zero attached hydrogens (tertiary/aromatic N) is 1. The molecular weight excluding hydrogens is 368 g/mol. The highest BCUT2D eigenvalue weighted by molar-refractivity contribution is 5.93. The van der Waals surface area contributed by atoms with Crippen molar-refractivity contribution in [3.63, 3.8) is 0 Å². The highest BCUT2D eigenvalue weighted by Crippen LogP contribution is 2.28. The highest BCUT2D eigenvalue weighted by Gasteiger charge is 2.22. The minimum absolute atomic E-state index is 0.189. The Morgan fingerprint density at radius 1 is 1.03 bits per heavy atom. The molecule has 0 fully saturated rings. The summed E-state index contributed by atoms with van der Waals surface area (Å²) in [5.41, 5.74) is 3.23. The molecule has 6 heteroatoms. The smallest absolute Gasteiger partial charge is 0.305 e. The second-order valence-corrected chi connectivity index (χ2v) is 6.59. The number of carbonyl (C=O) groups excluding carboxylic acids is 1. The van der Waals surface area contributed by atoms with Crippen molar-refractivity contribution in [2.45, 2.75) is 19.4 Å². The summed E-state index contributed by atoms with van der Waals surface area (Å²) < 4.78 is 5.38. The topological polar surface area (TPSA) is 88.5 Å². The van der Waals surface area contributed by atoms with Crippen LogP contribution in [0.3, 0.4) is 0 Å². The number of amides is 1. The van der Waals surface area contributed by atoms with Gasteiger partial charge in [-0.2, -0.15) is 0 Å². The van der Waals surface area contributed by atoms with E-state index in [0.29, 0.717) is 11.4 Å². The fourth-order valence-electron chi connectivity index (χ4n) is 3.16. The number of nitrogens with one attached hydrogen (secondary N) is 1. The van der Waals surface area contributed by atoms with Gasteiger partial charge in [0.2, 0.25) is 0 Å². The average Bonchev–Trinajstić information content (AvgIpc) is 2.73. The normalized spacial score (nSPS) is 11.5.